The zero-order valence-electron chi connectivity index (χ0n) is 32.5. The molecule has 2 aromatic heterocycles. The lowest BCUT2D eigenvalue weighted by Crippen LogP contribution is -2.66. The molecular formula is C40H51N5O7Si. The van der Waals surface area contributed by atoms with Crippen LogP contribution in [0.15, 0.2) is 85.0 Å². The van der Waals surface area contributed by atoms with Crippen LogP contribution in [0.5, 0.6) is 0 Å². The van der Waals surface area contributed by atoms with Gasteiger partial charge in [0.2, 0.25) is 0 Å². The molecule has 0 saturated carbocycles. The summed E-state index contributed by atoms with van der Waals surface area (Å²) < 4.78 is 33.5. The van der Waals surface area contributed by atoms with Gasteiger partial charge < -0.3 is 27.9 Å². The molecule has 4 aromatic rings. The minimum atomic E-state index is -2.87. The van der Waals surface area contributed by atoms with Crippen LogP contribution in [0.4, 0.5) is 15.4 Å². The van der Waals surface area contributed by atoms with Crippen molar-refractivity contribution in [1.29, 1.82) is 0 Å². The molecule has 282 valence electrons. The molecule has 2 aromatic carbocycles. The Bertz CT molecular complexity index is 1930. The van der Waals surface area contributed by atoms with Crippen molar-refractivity contribution in [3.63, 3.8) is 0 Å². The average Bonchev–Trinajstić information content (AvgIpc) is 3.71. The molecule has 53 heavy (non-hydrogen) atoms. The van der Waals surface area contributed by atoms with E-state index in [1.807, 2.05) is 30.5 Å². The second-order valence-electron chi connectivity index (χ2n) is 17.0. The zero-order valence-corrected chi connectivity index (χ0v) is 33.5. The van der Waals surface area contributed by atoms with Gasteiger partial charge in [-0.2, -0.15) is 4.90 Å². The quantitative estimate of drug-likeness (QED) is 0.143. The first kappa shape index (κ1) is 38.3. The van der Waals surface area contributed by atoms with Crippen LogP contribution in [-0.2, 0) is 23.4 Å². The molecule has 12 nitrogen and oxygen atoms in total. The predicted octanol–water partition coefficient (Wildman–Crippen LogP) is 7.08. The minimum absolute atomic E-state index is 0.0602. The van der Waals surface area contributed by atoms with Crippen molar-refractivity contribution in [3.05, 3.63) is 85.0 Å². The molecule has 0 bridgehead atoms. The Morgan fingerprint density at radius 1 is 0.811 bits per heavy atom. The molecule has 1 saturated heterocycles. The van der Waals surface area contributed by atoms with Crippen LogP contribution in [0.1, 0.15) is 82.2 Å². The lowest BCUT2D eigenvalue weighted by Gasteiger charge is -2.43. The predicted molar refractivity (Wildman–Crippen MR) is 205 cm³/mol. The summed E-state index contributed by atoms with van der Waals surface area (Å²) >= 11 is 0. The molecule has 3 heterocycles. The highest BCUT2D eigenvalue weighted by Crippen LogP contribution is 2.45. The fraction of sp³-hybridized carbons (Fsp3) is 0.475. The number of hydrogen-bond donors (Lipinski definition) is 0. The minimum Gasteiger partial charge on any atom is -0.443 e. The summed E-state index contributed by atoms with van der Waals surface area (Å²) in [4.78, 5) is 41.4. The van der Waals surface area contributed by atoms with Gasteiger partial charge in [-0.05, 0) is 76.4 Å². The van der Waals surface area contributed by atoms with Gasteiger partial charge in [-0.15, -0.1) is 0 Å². The van der Waals surface area contributed by atoms with Gasteiger partial charge in [0.15, 0.2) is 22.8 Å². The molecule has 0 N–H and O–H groups in total. The van der Waals surface area contributed by atoms with Crippen molar-refractivity contribution in [2.75, 3.05) is 11.5 Å². The third-order valence-electron chi connectivity index (χ3n) is 9.11. The van der Waals surface area contributed by atoms with Crippen molar-refractivity contribution in [2.24, 2.45) is 0 Å². The highest BCUT2D eigenvalue weighted by molar-refractivity contribution is 6.99. The number of benzene rings is 2. The highest BCUT2D eigenvalue weighted by Gasteiger charge is 2.54. The van der Waals surface area contributed by atoms with E-state index in [-0.39, 0.29) is 16.4 Å². The molecule has 0 radical (unpaired) electrons. The molecule has 0 spiro atoms. The Hall–Kier alpha value is -4.43. The van der Waals surface area contributed by atoms with Gasteiger partial charge in [0.1, 0.15) is 29.7 Å². The first-order valence-corrected chi connectivity index (χ1v) is 19.9. The standard InChI is InChI=1S/C40H51N5O7Si/c1-37(2,3)51-35(46)45(36(47)52-38(4,5)6)34-30-33(41-24-42-34)44(25-43-30)29-22-26(31-32(29)50-40(10,11)49-31)23-48-53(39(7,8)9,27-18-14-12-15-19-27)28-20-16-13-17-21-28/h12-22,24-25,29,31-32H,23H2,1-11H3/t29-,31-,32+/m1/s1. The second kappa shape index (κ2) is 13.8. The van der Waals surface area contributed by atoms with E-state index in [9.17, 15) is 9.59 Å². The summed E-state index contributed by atoms with van der Waals surface area (Å²) in [5, 5.41) is 2.14. The van der Waals surface area contributed by atoms with E-state index >= 15 is 0 Å². The number of carbonyl (C=O) groups excluding carboxylic acids is 2. The molecule has 1 aliphatic heterocycles. The lowest BCUT2D eigenvalue weighted by atomic mass is 10.1. The Labute approximate surface area is 312 Å². The smallest absolute Gasteiger partial charge is 0.425 e. The molecule has 0 unspecified atom stereocenters. The maximum atomic E-state index is 13.5. The van der Waals surface area contributed by atoms with Gasteiger partial charge in [-0.25, -0.2) is 24.5 Å². The molecular weight excluding hydrogens is 691 g/mol. The van der Waals surface area contributed by atoms with Gasteiger partial charge in [0.25, 0.3) is 8.32 Å². The normalized spacial score (nSPS) is 20.2. The van der Waals surface area contributed by atoms with Crippen LogP contribution in [-0.4, -0.2) is 75.8 Å². The number of amides is 2. The molecule has 1 fully saturated rings. The van der Waals surface area contributed by atoms with Crippen molar-refractivity contribution in [1.82, 2.24) is 19.5 Å². The van der Waals surface area contributed by atoms with E-state index in [0.717, 1.165) is 10.5 Å². The summed E-state index contributed by atoms with van der Waals surface area (Å²) in [6.07, 6.45) is 2.27. The Balaban J connectivity index is 1.42. The highest BCUT2D eigenvalue weighted by atomic mass is 28.4. The average molecular weight is 742 g/mol. The number of anilines is 1. The van der Waals surface area contributed by atoms with E-state index in [1.165, 1.54) is 16.7 Å². The number of fused-ring (bicyclic) bond motifs is 2. The van der Waals surface area contributed by atoms with E-state index in [0.29, 0.717) is 12.3 Å². The zero-order chi connectivity index (χ0) is 38.6. The topological polar surface area (TPSA) is 127 Å². The summed E-state index contributed by atoms with van der Waals surface area (Å²) in [7, 11) is -2.87. The third-order valence-corrected chi connectivity index (χ3v) is 14.1. The molecule has 2 amide bonds. The van der Waals surface area contributed by atoms with Gasteiger partial charge >= 0.3 is 12.2 Å². The van der Waals surface area contributed by atoms with E-state index in [4.69, 9.17) is 23.4 Å². The Kier molecular flexibility index (Phi) is 9.95. The monoisotopic (exact) mass is 741 g/mol. The van der Waals surface area contributed by atoms with Gasteiger partial charge in [-0.1, -0.05) is 87.5 Å². The Morgan fingerprint density at radius 2 is 1.36 bits per heavy atom. The van der Waals surface area contributed by atoms with Crippen molar-refractivity contribution in [2.45, 2.75) is 116 Å². The first-order valence-electron chi connectivity index (χ1n) is 18.0. The summed E-state index contributed by atoms with van der Waals surface area (Å²) in [6, 6.07) is 20.6. The summed E-state index contributed by atoms with van der Waals surface area (Å²) in [5.41, 5.74) is -0.254. The van der Waals surface area contributed by atoms with Gasteiger partial charge in [0, 0.05) is 0 Å². The van der Waals surface area contributed by atoms with E-state index in [1.54, 1.807) is 47.9 Å². The molecule has 3 atom stereocenters. The van der Waals surface area contributed by atoms with Crippen LogP contribution in [0, 0.1) is 0 Å². The van der Waals surface area contributed by atoms with E-state index < -0.39 is 55.7 Å². The van der Waals surface area contributed by atoms with Gasteiger partial charge in [-0.3, -0.25) is 0 Å². The number of aromatic nitrogens is 4. The lowest BCUT2D eigenvalue weighted by molar-refractivity contribution is -0.148. The number of hydrogen-bond acceptors (Lipinski definition) is 10. The largest absolute Gasteiger partial charge is 0.443 e. The number of ether oxygens (including phenoxy) is 4. The summed E-state index contributed by atoms with van der Waals surface area (Å²) in [6.45, 7) is 21.1. The maximum absolute atomic E-state index is 13.5. The molecule has 6 rings (SSSR count). The number of imide groups is 1. The van der Waals surface area contributed by atoms with Crippen molar-refractivity contribution in [3.8, 4) is 0 Å². The fourth-order valence-corrected chi connectivity index (χ4v) is 11.7. The number of rotatable bonds is 7. The van der Waals surface area contributed by atoms with Crippen molar-refractivity contribution < 1.29 is 33.0 Å². The molecule has 2 aliphatic rings. The first-order chi connectivity index (χ1) is 24.7. The number of carbonyl (C=O) groups is 2. The van der Waals surface area contributed by atoms with E-state index in [2.05, 4.69) is 90.3 Å². The Morgan fingerprint density at radius 3 is 1.87 bits per heavy atom. The molecule has 1 aliphatic carbocycles. The SMILES string of the molecule is CC(C)(C)OC(=O)N(C(=O)OC(C)(C)C)c1ncnc2c1ncn2[C@@H]1C=C(CO[Si](c2ccccc2)(c2ccccc2)C(C)(C)C)[C@H]2OC(C)(C)O[C@H]21. The van der Waals surface area contributed by atoms with Crippen LogP contribution >= 0.6 is 0 Å². The van der Waals surface area contributed by atoms with Crippen LogP contribution < -0.4 is 15.3 Å². The van der Waals surface area contributed by atoms with Crippen LogP contribution in [0.3, 0.4) is 0 Å². The summed E-state index contributed by atoms with van der Waals surface area (Å²) in [5.74, 6) is -0.930. The number of imidazole rings is 1. The van der Waals surface area contributed by atoms with Gasteiger partial charge in [0.05, 0.1) is 19.0 Å². The van der Waals surface area contributed by atoms with Crippen LogP contribution in [0.25, 0.3) is 11.2 Å². The van der Waals surface area contributed by atoms with Crippen molar-refractivity contribution >= 4 is 47.9 Å². The fourth-order valence-electron chi connectivity index (χ4n) is 7.14. The third kappa shape index (κ3) is 7.66. The second-order valence-corrected chi connectivity index (χ2v) is 21.3. The van der Waals surface area contributed by atoms with Crippen LogP contribution in [0.2, 0.25) is 5.04 Å². The maximum Gasteiger partial charge on any atom is 0.425 e. The molecule has 13 heteroatoms. The number of nitrogens with zero attached hydrogens (tertiary/aromatic N) is 5.